The molecule has 18 heavy (non-hydrogen) atoms. The summed E-state index contributed by atoms with van der Waals surface area (Å²) in [4.78, 5) is 0. The van der Waals surface area contributed by atoms with Gasteiger partial charge < -0.3 is 10.4 Å². The Bertz CT molecular complexity index is 314. The van der Waals surface area contributed by atoms with Crippen molar-refractivity contribution < 1.29 is 5.11 Å². The predicted molar refractivity (Wildman–Crippen MR) is 81.2 cm³/mol. The van der Waals surface area contributed by atoms with Gasteiger partial charge in [-0.25, -0.2) is 0 Å². The molecule has 0 amide bonds. The number of rotatable bonds is 8. The number of aliphatic hydroxyl groups is 1. The van der Waals surface area contributed by atoms with E-state index in [1.165, 1.54) is 5.56 Å². The number of aryl methyl sites for hydroxylation is 1. The molecule has 1 aromatic carbocycles. The van der Waals surface area contributed by atoms with Gasteiger partial charge in [0.2, 0.25) is 0 Å². The van der Waals surface area contributed by atoms with E-state index in [-0.39, 0.29) is 11.9 Å². The Labute approximate surface area is 115 Å². The van der Waals surface area contributed by atoms with Gasteiger partial charge in [0.05, 0.1) is 6.61 Å². The van der Waals surface area contributed by atoms with Gasteiger partial charge in [0, 0.05) is 17.3 Å². The second kappa shape index (κ2) is 8.57. The minimum absolute atomic E-state index is 0.237. The second-order valence-corrected chi connectivity index (χ2v) is 5.91. The molecule has 0 spiro atoms. The lowest BCUT2D eigenvalue weighted by molar-refractivity contribution is 0.270. The first kappa shape index (κ1) is 15.5. The number of thioether (sulfide) groups is 1. The van der Waals surface area contributed by atoms with E-state index in [1.54, 1.807) is 11.8 Å². The number of hydrogen-bond donors (Lipinski definition) is 2. The van der Waals surface area contributed by atoms with Gasteiger partial charge in [0.1, 0.15) is 0 Å². The molecule has 0 aliphatic carbocycles. The van der Waals surface area contributed by atoms with E-state index in [2.05, 4.69) is 49.5 Å². The lowest BCUT2D eigenvalue weighted by Crippen LogP contribution is -2.42. The Morgan fingerprint density at radius 3 is 2.44 bits per heavy atom. The largest absolute Gasteiger partial charge is 0.395 e. The lowest BCUT2D eigenvalue weighted by atomic mass is 10.1. The summed E-state index contributed by atoms with van der Waals surface area (Å²) >= 11 is 1.72. The fraction of sp³-hybridized carbons (Fsp3) is 0.600. The fourth-order valence-electron chi connectivity index (χ4n) is 2.10. The third kappa shape index (κ3) is 5.42. The number of aliphatic hydroxyl groups excluding tert-OH is 1. The quantitative estimate of drug-likeness (QED) is 0.759. The van der Waals surface area contributed by atoms with Crippen LogP contribution in [0.3, 0.4) is 0 Å². The van der Waals surface area contributed by atoms with Gasteiger partial charge in [-0.1, -0.05) is 30.3 Å². The van der Waals surface area contributed by atoms with Crippen molar-refractivity contribution in [2.75, 3.05) is 12.9 Å². The molecule has 0 fully saturated rings. The van der Waals surface area contributed by atoms with Crippen LogP contribution in [0.15, 0.2) is 30.3 Å². The third-order valence-corrected chi connectivity index (χ3v) is 4.46. The molecule has 0 bridgehead atoms. The molecule has 0 aliphatic rings. The predicted octanol–water partition coefficient (Wildman–Crippen LogP) is 2.71. The number of benzene rings is 1. The molecule has 0 aromatic heterocycles. The molecule has 3 heteroatoms. The Balaban J connectivity index is 2.31. The molecule has 0 heterocycles. The highest BCUT2D eigenvalue weighted by atomic mass is 32.2. The maximum Gasteiger partial charge on any atom is 0.0564 e. The Hall–Kier alpha value is -0.510. The zero-order valence-electron chi connectivity index (χ0n) is 11.6. The molecule has 2 N–H and O–H groups in total. The molecule has 0 saturated carbocycles. The number of nitrogens with one attached hydrogen (secondary N) is 1. The fourth-order valence-corrected chi connectivity index (χ4v) is 2.74. The topological polar surface area (TPSA) is 32.3 Å². The smallest absolute Gasteiger partial charge is 0.0564 e. The van der Waals surface area contributed by atoms with E-state index < -0.39 is 0 Å². The zero-order chi connectivity index (χ0) is 13.4. The van der Waals surface area contributed by atoms with Crippen molar-refractivity contribution >= 4 is 11.8 Å². The molecule has 3 atom stereocenters. The van der Waals surface area contributed by atoms with Crippen LogP contribution in [-0.2, 0) is 6.42 Å². The van der Waals surface area contributed by atoms with Crippen LogP contribution in [0.5, 0.6) is 0 Å². The Morgan fingerprint density at radius 1 is 1.22 bits per heavy atom. The summed E-state index contributed by atoms with van der Waals surface area (Å²) in [7, 11) is 0. The molecule has 2 nitrogen and oxygen atoms in total. The lowest BCUT2D eigenvalue weighted by Gasteiger charge is -2.25. The van der Waals surface area contributed by atoms with E-state index in [9.17, 15) is 5.11 Å². The summed E-state index contributed by atoms with van der Waals surface area (Å²) < 4.78 is 0. The minimum Gasteiger partial charge on any atom is -0.395 e. The van der Waals surface area contributed by atoms with Gasteiger partial charge in [-0.3, -0.25) is 0 Å². The highest BCUT2D eigenvalue weighted by Gasteiger charge is 2.16. The first-order valence-electron chi connectivity index (χ1n) is 6.61. The van der Waals surface area contributed by atoms with Gasteiger partial charge in [-0.05, 0) is 38.5 Å². The van der Waals surface area contributed by atoms with E-state index in [0.29, 0.717) is 12.1 Å². The van der Waals surface area contributed by atoms with Crippen molar-refractivity contribution in [2.45, 2.75) is 44.0 Å². The van der Waals surface area contributed by atoms with Crippen LogP contribution in [0.2, 0.25) is 0 Å². The van der Waals surface area contributed by atoms with Crippen molar-refractivity contribution in [3.63, 3.8) is 0 Å². The van der Waals surface area contributed by atoms with E-state index in [4.69, 9.17) is 0 Å². The molecule has 0 radical (unpaired) electrons. The molecule has 0 aliphatic heterocycles. The third-order valence-electron chi connectivity index (χ3n) is 3.30. The van der Waals surface area contributed by atoms with Crippen molar-refractivity contribution in [1.82, 2.24) is 5.32 Å². The number of hydrogen-bond acceptors (Lipinski definition) is 3. The van der Waals surface area contributed by atoms with Crippen molar-refractivity contribution in [3.8, 4) is 0 Å². The van der Waals surface area contributed by atoms with Crippen LogP contribution in [-0.4, -0.2) is 35.3 Å². The Morgan fingerprint density at radius 2 is 1.89 bits per heavy atom. The molecular weight excluding hydrogens is 242 g/mol. The summed E-state index contributed by atoms with van der Waals surface area (Å²) in [5, 5.41) is 13.1. The molecule has 1 rings (SSSR count). The van der Waals surface area contributed by atoms with Gasteiger partial charge >= 0.3 is 0 Å². The zero-order valence-corrected chi connectivity index (χ0v) is 12.4. The SMILES string of the molecule is CSC(CO)C(C)NC(C)CCc1ccccc1. The molecule has 1 aromatic rings. The first-order chi connectivity index (χ1) is 8.67. The van der Waals surface area contributed by atoms with E-state index in [1.807, 2.05) is 6.26 Å². The van der Waals surface area contributed by atoms with Gasteiger partial charge in [-0.2, -0.15) is 11.8 Å². The average Bonchev–Trinajstić information content (AvgIpc) is 2.39. The standard InChI is InChI=1S/C15H25NOS/c1-12(16-13(2)15(11-17)18-3)9-10-14-7-5-4-6-8-14/h4-8,12-13,15-17H,9-11H2,1-3H3. The van der Waals surface area contributed by atoms with Crippen molar-refractivity contribution in [2.24, 2.45) is 0 Å². The maximum atomic E-state index is 9.26. The summed E-state index contributed by atoms with van der Waals surface area (Å²) in [6.07, 6.45) is 4.28. The molecule has 102 valence electrons. The van der Waals surface area contributed by atoms with Crippen molar-refractivity contribution in [3.05, 3.63) is 35.9 Å². The molecular formula is C15H25NOS. The van der Waals surface area contributed by atoms with E-state index >= 15 is 0 Å². The van der Waals surface area contributed by atoms with Crippen LogP contribution in [0.25, 0.3) is 0 Å². The monoisotopic (exact) mass is 267 g/mol. The molecule has 0 saturated heterocycles. The van der Waals surface area contributed by atoms with Crippen molar-refractivity contribution in [1.29, 1.82) is 0 Å². The van der Waals surface area contributed by atoms with Crippen LogP contribution in [0, 0.1) is 0 Å². The summed E-state index contributed by atoms with van der Waals surface area (Å²) in [5.41, 5.74) is 1.39. The van der Waals surface area contributed by atoms with Gasteiger partial charge in [-0.15, -0.1) is 0 Å². The van der Waals surface area contributed by atoms with Crippen LogP contribution in [0.4, 0.5) is 0 Å². The highest BCUT2D eigenvalue weighted by molar-refractivity contribution is 7.99. The second-order valence-electron chi connectivity index (χ2n) is 4.84. The summed E-state index contributed by atoms with van der Waals surface area (Å²) in [6, 6.07) is 11.4. The van der Waals surface area contributed by atoms with Crippen LogP contribution in [0.1, 0.15) is 25.8 Å². The highest BCUT2D eigenvalue weighted by Crippen LogP contribution is 2.12. The summed E-state index contributed by atoms with van der Waals surface area (Å²) in [6.45, 7) is 4.60. The summed E-state index contributed by atoms with van der Waals surface area (Å²) in [5.74, 6) is 0. The average molecular weight is 267 g/mol. The maximum absolute atomic E-state index is 9.26. The van der Waals surface area contributed by atoms with Crippen LogP contribution >= 0.6 is 11.8 Å². The van der Waals surface area contributed by atoms with E-state index in [0.717, 1.165) is 12.8 Å². The van der Waals surface area contributed by atoms with Gasteiger partial charge in [0.25, 0.3) is 0 Å². The molecule has 3 unspecified atom stereocenters. The van der Waals surface area contributed by atoms with Crippen LogP contribution < -0.4 is 5.32 Å². The minimum atomic E-state index is 0.237. The first-order valence-corrected chi connectivity index (χ1v) is 7.89. The Kier molecular flexibility index (Phi) is 7.40. The van der Waals surface area contributed by atoms with Gasteiger partial charge in [0.15, 0.2) is 0 Å². The normalized spacial score (nSPS) is 16.2.